The lowest BCUT2D eigenvalue weighted by Crippen LogP contribution is -2.25. The van der Waals surface area contributed by atoms with Crippen LogP contribution in [-0.4, -0.2) is 12.3 Å². The van der Waals surface area contributed by atoms with Gasteiger partial charge in [-0.3, -0.25) is 4.79 Å². The van der Waals surface area contributed by atoms with Crippen LogP contribution < -0.4 is 5.32 Å². The molecule has 1 aromatic rings. The lowest BCUT2D eigenvalue weighted by atomic mass is 9.90. The van der Waals surface area contributed by atoms with Crippen molar-refractivity contribution in [2.45, 2.75) is 45.1 Å². The van der Waals surface area contributed by atoms with Crippen molar-refractivity contribution in [1.82, 2.24) is 5.32 Å². The Hall–Kier alpha value is -1.41. The molecule has 1 aliphatic heterocycles. The van der Waals surface area contributed by atoms with Gasteiger partial charge in [-0.2, -0.15) is 0 Å². The molecule has 2 aliphatic rings. The van der Waals surface area contributed by atoms with E-state index in [4.69, 9.17) is 0 Å². The molecule has 0 bridgehead atoms. The van der Waals surface area contributed by atoms with Gasteiger partial charge in [0.2, 0.25) is 0 Å². The highest BCUT2D eigenvalue weighted by molar-refractivity contribution is 6.09. The summed E-state index contributed by atoms with van der Waals surface area (Å²) in [5, 5.41) is 3.37. The Bertz CT molecular complexity index is 516. The third-order valence-corrected chi connectivity index (χ3v) is 4.22. The molecule has 1 aliphatic carbocycles. The number of Topliss-reactive ketones (excluding diaryl/α,β-unsaturated/α-hetero) is 1. The van der Waals surface area contributed by atoms with Gasteiger partial charge in [0.25, 0.3) is 0 Å². The van der Waals surface area contributed by atoms with E-state index < -0.39 is 0 Å². The third-order valence-electron chi connectivity index (χ3n) is 4.22. The van der Waals surface area contributed by atoms with E-state index in [0.29, 0.717) is 0 Å². The summed E-state index contributed by atoms with van der Waals surface area (Å²) in [6, 6.07) is 6.17. The highest BCUT2D eigenvalue weighted by atomic mass is 16.1. The molecule has 19 heavy (non-hydrogen) atoms. The summed E-state index contributed by atoms with van der Waals surface area (Å²) in [5.41, 5.74) is 4.57. The molecule has 1 N–H and O–H groups in total. The van der Waals surface area contributed by atoms with Crippen LogP contribution in [0.4, 0.5) is 0 Å². The van der Waals surface area contributed by atoms with E-state index in [9.17, 15) is 4.79 Å². The molecule has 1 heterocycles. The number of benzene rings is 1. The highest BCUT2D eigenvalue weighted by Gasteiger charge is 2.20. The SMILES string of the molecule is O=C(C1=CCCCCC1)c1cccc2c1CCNC2. The number of carbonyl (C=O) groups excluding carboxylic acids is 1. The number of fused-ring (bicyclic) bond motifs is 1. The first-order valence-electron chi connectivity index (χ1n) is 7.41. The average molecular weight is 255 g/mol. The molecular weight excluding hydrogens is 234 g/mol. The zero-order chi connectivity index (χ0) is 13.1. The molecule has 0 fully saturated rings. The summed E-state index contributed by atoms with van der Waals surface area (Å²) in [6.07, 6.45) is 8.82. The van der Waals surface area contributed by atoms with Crippen molar-refractivity contribution in [3.05, 3.63) is 46.5 Å². The summed E-state index contributed by atoms with van der Waals surface area (Å²) >= 11 is 0. The fraction of sp³-hybridized carbons (Fsp3) is 0.471. The van der Waals surface area contributed by atoms with Gasteiger partial charge in [-0.05, 0) is 55.3 Å². The Balaban J connectivity index is 1.93. The van der Waals surface area contributed by atoms with Crippen LogP contribution >= 0.6 is 0 Å². The predicted octanol–water partition coefficient (Wildman–Crippen LogP) is 3.41. The molecule has 100 valence electrons. The molecule has 2 nitrogen and oxygen atoms in total. The van der Waals surface area contributed by atoms with Crippen LogP contribution in [0.5, 0.6) is 0 Å². The van der Waals surface area contributed by atoms with Gasteiger partial charge in [-0.15, -0.1) is 0 Å². The van der Waals surface area contributed by atoms with Crippen LogP contribution in [0, 0.1) is 0 Å². The number of rotatable bonds is 2. The minimum Gasteiger partial charge on any atom is -0.312 e. The van der Waals surface area contributed by atoms with Crippen LogP contribution in [0.2, 0.25) is 0 Å². The standard InChI is InChI=1S/C17H21NO/c19-17(13-6-3-1-2-4-7-13)16-9-5-8-14-12-18-11-10-15(14)16/h5-6,8-9,18H,1-4,7,10-12H2. The van der Waals surface area contributed by atoms with Gasteiger partial charge in [0, 0.05) is 12.1 Å². The van der Waals surface area contributed by atoms with Gasteiger partial charge < -0.3 is 5.32 Å². The van der Waals surface area contributed by atoms with Crippen LogP contribution in [0.1, 0.15) is 53.6 Å². The summed E-state index contributed by atoms with van der Waals surface area (Å²) < 4.78 is 0. The Kier molecular flexibility index (Phi) is 3.79. The minimum absolute atomic E-state index is 0.278. The van der Waals surface area contributed by atoms with Crippen LogP contribution in [0.15, 0.2) is 29.8 Å². The Labute approximate surface area is 114 Å². The Morgan fingerprint density at radius 3 is 3.00 bits per heavy atom. The zero-order valence-corrected chi connectivity index (χ0v) is 11.4. The van der Waals surface area contributed by atoms with E-state index in [-0.39, 0.29) is 5.78 Å². The molecule has 0 aromatic heterocycles. The van der Waals surface area contributed by atoms with Crippen LogP contribution in [-0.2, 0) is 13.0 Å². The number of ketones is 1. The van der Waals surface area contributed by atoms with E-state index >= 15 is 0 Å². The Morgan fingerprint density at radius 1 is 1.11 bits per heavy atom. The smallest absolute Gasteiger partial charge is 0.188 e. The highest BCUT2D eigenvalue weighted by Crippen LogP contribution is 2.25. The molecule has 0 saturated heterocycles. The van der Waals surface area contributed by atoms with E-state index in [0.717, 1.165) is 49.9 Å². The van der Waals surface area contributed by atoms with Crippen molar-refractivity contribution in [3.63, 3.8) is 0 Å². The maximum absolute atomic E-state index is 12.7. The molecule has 0 amide bonds. The van der Waals surface area contributed by atoms with E-state index in [1.807, 2.05) is 12.1 Å². The van der Waals surface area contributed by atoms with Gasteiger partial charge in [-0.25, -0.2) is 0 Å². The number of nitrogens with one attached hydrogen (secondary N) is 1. The first kappa shape index (κ1) is 12.6. The maximum atomic E-state index is 12.7. The van der Waals surface area contributed by atoms with Crippen molar-refractivity contribution in [2.24, 2.45) is 0 Å². The molecule has 3 rings (SSSR count). The summed E-state index contributed by atoms with van der Waals surface area (Å²) in [5.74, 6) is 0.278. The summed E-state index contributed by atoms with van der Waals surface area (Å²) in [7, 11) is 0. The van der Waals surface area contributed by atoms with Gasteiger partial charge in [0.15, 0.2) is 5.78 Å². The molecular formula is C17H21NO. The normalized spacial score (nSPS) is 19.3. The van der Waals surface area contributed by atoms with Gasteiger partial charge in [0.05, 0.1) is 0 Å². The van der Waals surface area contributed by atoms with E-state index in [1.165, 1.54) is 24.0 Å². The topological polar surface area (TPSA) is 29.1 Å². The number of allylic oxidation sites excluding steroid dienone is 2. The molecule has 0 atom stereocenters. The molecule has 1 aromatic carbocycles. The second kappa shape index (κ2) is 5.70. The minimum atomic E-state index is 0.278. The van der Waals surface area contributed by atoms with Gasteiger partial charge in [-0.1, -0.05) is 30.7 Å². The van der Waals surface area contributed by atoms with Crippen molar-refractivity contribution in [2.75, 3.05) is 6.54 Å². The van der Waals surface area contributed by atoms with E-state index in [1.54, 1.807) is 0 Å². The lowest BCUT2D eigenvalue weighted by molar-refractivity contribution is 0.102. The fourth-order valence-corrected chi connectivity index (χ4v) is 3.14. The van der Waals surface area contributed by atoms with Crippen molar-refractivity contribution < 1.29 is 4.79 Å². The number of carbonyl (C=O) groups is 1. The quantitative estimate of drug-likeness (QED) is 0.821. The largest absolute Gasteiger partial charge is 0.312 e. The lowest BCUT2D eigenvalue weighted by Gasteiger charge is -2.20. The summed E-state index contributed by atoms with van der Waals surface area (Å²) in [4.78, 5) is 12.7. The monoisotopic (exact) mass is 255 g/mol. The average Bonchev–Trinajstić information content (AvgIpc) is 2.75. The molecule has 2 heteroatoms. The molecule has 0 radical (unpaired) electrons. The van der Waals surface area contributed by atoms with Crippen molar-refractivity contribution in [3.8, 4) is 0 Å². The number of hydrogen-bond donors (Lipinski definition) is 1. The van der Waals surface area contributed by atoms with Gasteiger partial charge >= 0.3 is 0 Å². The predicted molar refractivity (Wildman–Crippen MR) is 77.4 cm³/mol. The first-order chi connectivity index (χ1) is 9.36. The van der Waals surface area contributed by atoms with Gasteiger partial charge in [0.1, 0.15) is 0 Å². The molecule has 0 unspecified atom stereocenters. The second-order valence-electron chi connectivity index (χ2n) is 5.53. The van der Waals surface area contributed by atoms with E-state index in [2.05, 4.69) is 17.5 Å². The molecule has 0 spiro atoms. The summed E-state index contributed by atoms with van der Waals surface area (Å²) in [6.45, 7) is 1.88. The van der Waals surface area contributed by atoms with Crippen molar-refractivity contribution >= 4 is 5.78 Å². The second-order valence-corrected chi connectivity index (χ2v) is 5.53. The third kappa shape index (κ3) is 2.64. The van der Waals surface area contributed by atoms with Crippen molar-refractivity contribution in [1.29, 1.82) is 0 Å². The van der Waals surface area contributed by atoms with Crippen LogP contribution in [0.25, 0.3) is 0 Å². The zero-order valence-electron chi connectivity index (χ0n) is 11.4. The molecule has 0 saturated carbocycles. The fourth-order valence-electron chi connectivity index (χ4n) is 3.14. The van der Waals surface area contributed by atoms with Crippen LogP contribution in [0.3, 0.4) is 0 Å². The Morgan fingerprint density at radius 2 is 2.05 bits per heavy atom. The number of hydrogen-bond acceptors (Lipinski definition) is 2. The first-order valence-corrected chi connectivity index (χ1v) is 7.41. The maximum Gasteiger partial charge on any atom is 0.188 e.